The van der Waals surface area contributed by atoms with Gasteiger partial charge in [0.15, 0.2) is 0 Å². The van der Waals surface area contributed by atoms with Crippen LogP contribution < -0.4 is 10.1 Å². The Bertz CT molecular complexity index is 987. The number of fused-ring (bicyclic) bond motifs is 1. The van der Waals surface area contributed by atoms with E-state index in [0.29, 0.717) is 22.9 Å². The zero-order chi connectivity index (χ0) is 17.6. The number of ether oxygens (including phenoxy) is 1. The van der Waals surface area contributed by atoms with Crippen LogP contribution in [-0.2, 0) is 0 Å². The molecule has 1 atom stereocenters. The number of hydrogen-bond donors (Lipinski definition) is 1. The largest absolute Gasteiger partial charge is 0.494 e. The number of pyridine rings is 1. The molecular formula is C18H20N6O. The fourth-order valence-corrected chi connectivity index (χ4v) is 3.74. The van der Waals surface area contributed by atoms with Gasteiger partial charge in [-0.25, -0.2) is 4.52 Å². The molecule has 4 rings (SSSR count). The highest BCUT2D eigenvalue weighted by Crippen LogP contribution is 2.34. The van der Waals surface area contributed by atoms with Gasteiger partial charge in [-0.2, -0.15) is 15.5 Å². The quantitative estimate of drug-likeness (QED) is 0.793. The van der Waals surface area contributed by atoms with Crippen molar-refractivity contribution >= 4 is 5.52 Å². The van der Waals surface area contributed by atoms with Crippen LogP contribution in [0.4, 0.5) is 0 Å². The first-order valence-corrected chi connectivity index (χ1v) is 8.36. The van der Waals surface area contributed by atoms with Crippen LogP contribution in [0.5, 0.6) is 5.75 Å². The monoisotopic (exact) mass is 336 g/mol. The summed E-state index contributed by atoms with van der Waals surface area (Å²) in [7, 11) is 1.61. The Balaban J connectivity index is 1.89. The first-order chi connectivity index (χ1) is 12.1. The maximum absolute atomic E-state index is 9.27. The molecule has 0 aromatic carbocycles. The third-order valence-corrected chi connectivity index (χ3v) is 4.91. The third-order valence-electron chi connectivity index (χ3n) is 4.91. The van der Waals surface area contributed by atoms with Gasteiger partial charge in [-0.1, -0.05) is 0 Å². The van der Waals surface area contributed by atoms with Crippen LogP contribution in [0.1, 0.15) is 29.4 Å². The number of methoxy groups -OCH3 is 1. The summed E-state index contributed by atoms with van der Waals surface area (Å²) >= 11 is 0. The van der Waals surface area contributed by atoms with Gasteiger partial charge < -0.3 is 10.1 Å². The Morgan fingerprint density at radius 3 is 2.92 bits per heavy atom. The van der Waals surface area contributed by atoms with Crippen molar-refractivity contribution < 1.29 is 4.74 Å². The van der Waals surface area contributed by atoms with E-state index in [4.69, 9.17) is 9.84 Å². The van der Waals surface area contributed by atoms with Gasteiger partial charge in [0.05, 0.1) is 25.0 Å². The number of rotatable bonds is 3. The molecule has 0 unspecified atom stereocenters. The Hall–Kier alpha value is -2.85. The molecule has 3 aromatic rings. The van der Waals surface area contributed by atoms with Crippen LogP contribution in [0, 0.1) is 25.2 Å². The zero-order valence-corrected chi connectivity index (χ0v) is 14.6. The SMILES string of the molecule is COc1cc(-c2c(C)nn([C@H]3CCNC3)c2C)cn2ncc(C#N)c12. The van der Waals surface area contributed by atoms with Crippen molar-refractivity contribution in [3.63, 3.8) is 0 Å². The van der Waals surface area contributed by atoms with E-state index in [9.17, 15) is 5.26 Å². The average Bonchev–Trinajstić information content (AvgIpc) is 3.33. The minimum Gasteiger partial charge on any atom is -0.494 e. The molecule has 3 aromatic heterocycles. The number of aryl methyl sites for hydroxylation is 1. The Morgan fingerprint density at radius 1 is 1.40 bits per heavy atom. The minimum absolute atomic E-state index is 0.396. The van der Waals surface area contributed by atoms with E-state index in [1.54, 1.807) is 17.8 Å². The first-order valence-electron chi connectivity index (χ1n) is 8.36. The topological polar surface area (TPSA) is 80.2 Å². The maximum atomic E-state index is 9.27. The zero-order valence-electron chi connectivity index (χ0n) is 14.6. The number of nitriles is 1. The normalized spacial score (nSPS) is 17.1. The maximum Gasteiger partial charge on any atom is 0.146 e. The highest BCUT2D eigenvalue weighted by molar-refractivity contribution is 5.77. The van der Waals surface area contributed by atoms with Crippen molar-refractivity contribution in [3.8, 4) is 22.9 Å². The van der Waals surface area contributed by atoms with Crippen LogP contribution in [0.3, 0.4) is 0 Å². The fraction of sp³-hybridized carbons (Fsp3) is 0.389. The van der Waals surface area contributed by atoms with Gasteiger partial charge in [0, 0.05) is 29.6 Å². The van der Waals surface area contributed by atoms with Crippen molar-refractivity contribution in [2.75, 3.05) is 20.2 Å². The number of nitrogens with one attached hydrogen (secondary N) is 1. The second-order valence-corrected chi connectivity index (χ2v) is 6.40. The molecule has 128 valence electrons. The van der Waals surface area contributed by atoms with Crippen LogP contribution >= 0.6 is 0 Å². The first kappa shape index (κ1) is 15.7. The van der Waals surface area contributed by atoms with Gasteiger partial charge in [-0.15, -0.1) is 0 Å². The molecule has 1 saturated heterocycles. The molecule has 0 amide bonds. The summed E-state index contributed by atoms with van der Waals surface area (Å²) in [5.74, 6) is 0.639. The van der Waals surface area contributed by atoms with Gasteiger partial charge >= 0.3 is 0 Å². The van der Waals surface area contributed by atoms with E-state index in [0.717, 1.165) is 42.0 Å². The summed E-state index contributed by atoms with van der Waals surface area (Å²) in [6.45, 7) is 6.12. The van der Waals surface area contributed by atoms with Gasteiger partial charge in [0.2, 0.25) is 0 Å². The molecule has 0 radical (unpaired) electrons. The van der Waals surface area contributed by atoms with E-state index in [1.807, 2.05) is 19.2 Å². The molecule has 25 heavy (non-hydrogen) atoms. The van der Waals surface area contributed by atoms with Gasteiger partial charge in [-0.05, 0) is 32.9 Å². The lowest BCUT2D eigenvalue weighted by molar-refractivity contribution is 0.417. The molecule has 0 bridgehead atoms. The highest BCUT2D eigenvalue weighted by Gasteiger charge is 2.23. The number of nitrogens with zero attached hydrogens (tertiary/aromatic N) is 5. The van der Waals surface area contributed by atoms with E-state index in [2.05, 4.69) is 28.1 Å². The van der Waals surface area contributed by atoms with Crippen molar-refractivity contribution in [1.82, 2.24) is 24.7 Å². The van der Waals surface area contributed by atoms with Crippen LogP contribution in [-0.4, -0.2) is 39.6 Å². The summed E-state index contributed by atoms with van der Waals surface area (Å²) in [4.78, 5) is 0. The lowest BCUT2D eigenvalue weighted by Gasteiger charge is -2.12. The smallest absolute Gasteiger partial charge is 0.146 e. The Kier molecular flexibility index (Phi) is 3.70. The lowest BCUT2D eigenvalue weighted by Crippen LogP contribution is -2.15. The summed E-state index contributed by atoms with van der Waals surface area (Å²) in [5.41, 5.74) is 5.41. The number of hydrogen-bond acceptors (Lipinski definition) is 5. The van der Waals surface area contributed by atoms with Gasteiger partial charge in [0.1, 0.15) is 22.9 Å². The average molecular weight is 336 g/mol. The molecular weight excluding hydrogens is 316 g/mol. The molecule has 0 saturated carbocycles. The highest BCUT2D eigenvalue weighted by atomic mass is 16.5. The van der Waals surface area contributed by atoms with Crippen LogP contribution in [0.25, 0.3) is 16.6 Å². The van der Waals surface area contributed by atoms with E-state index in [1.165, 1.54) is 0 Å². The van der Waals surface area contributed by atoms with Gasteiger partial charge in [-0.3, -0.25) is 4.68 Å². The predicted octanol–water partition coefficient (Wildman–Crippen LogP) is 2.23. The van der Waals surface area contributed by atoms with E-state index in [-0.39, 0.29) is 0 Å². The molecule has 0 aliphatic carbocycles. The predicted molar refractivity (Wildman–Crippen MR) is 93.7 cm³/mol. The summed E-state index contributed by atoms with van der Waals surface area (Å²) in [6.07, 6.45) is 4.59. The van der Waals surface area contributed by atoms with E-state index >= 15 is 0 Å². The lowest BCUT2D eigenvalue weighted by atomic mass is 10.0. The number of aromatic nitrogens is 4. The van der Waals surface area contributed by atoms with Gasteiger partial charge in [0.25, 0.3) is 0 Å². The fourth-order valence-electron chi connectivity index (χ4n) is 3.74. The van der Waals surface area contributed by atoms with Crippen LogP contribution in [0.15, 0.2) is 18.5 Å². The summed E-state index contributed by atoms with van der Waals surface area (Å²) < 4.78 is 9.37. The molecule has 7 heteroatoms. The van der Waals surface area contributed by atoms with E-state index < -0.39 is 0 Å². The molecule has 1 aliphatic rings. The Morgan fingerprint density at radius 2 is 2.24 bits per heavy atom. The molecule has 0 spiro atoms. The molecule has 1 N–H and O–H groups in total. The van der Waals surface area contributed by atoms with Crippen LogP contribution in [0.2, 0.25) is 0 Å². The molecule has 1 fully saturated rings. The molecule has 7 nitrogen and oxygen atoms in total. The molecule has 4 heterocycles. The van der Waals surface area contributed by atoms with Crippen molar-refractivity contribution in [2.24, 2.45) is 0 Å². The van der Waals surface area contributed by atoms with Crippen molar-refractivity contribution in [1.29, 1.82) is 5.26 Å². The molecule has 1 aliphatic heterocycles. The standard InChI is InChI=1S/C18H20N6O/c1-11-17(12(2)24(22-11)15-4-5-20-9-15)13-6-16(25-3)18-14(7-19)8-21-23(18)10-13/h6,8,10,15,20H,4-5,9H2,1-3H3/t15-/m0/s1. The van der Waals surface area contributed by atoms with Crippen molar-refractivity contribution in [2.45, 2.75) is 26.3 Å². The summed E-state index contributed by atoms with van der Waals surface area (Å²) in [5, 5.41) is 21.7. The Labute approximate surface area is 145 Å². The third kappa shape index (κ3) is 2.37. The van der Waals surface area contributed by atoms with Crippen molar-refractivity contribution in [3.05, 3.63) is 35.4 Å². The second kappa shape index (κ2) is 5.90. The minimum atomic E-state index is 0.396. The summed E-state index contributed by atoms with van der Waals surface area (Å²) in [6, 6.07) is 4.52. The second-order valence-electron chi connectivity index (χ2n) is 6.40.